The van der Waals surface area contributed by atoms with E-state index in [2.05, 4.69) is 5.32 Å². The number of ether oxygens (including phenoxy) is 1. The van der Waals surface area contributed by atoms with Crippen LogP contribution in [0.2, 0.25) is 0 Å². The van der Waals surface area contributed by atoms with Crippen LogP contribution in [0.5, 0.6) is 0 Å². The molecule has 1 N–H and O–H groups in total. The second-order valence-electron chi connectivity index (χ2n) is 7.71. The molecule has 0 unspecified atom stereocenters. The van der Waals surface area contributed by atoms with E-state index in [1.165, 1.54) is 12.1 Å². The second-order valence-corrected chi connectivity index (χ2v) is 9.94. The van der Waals surface area contributed by atoms with Gasteiger partial charge in [0, 0.05) is 6.04 Å². The quantitative estimate of drug-likeness (QED) is 0.740. The van der Waals surface area contributed by atoms with Crippen LogP contribution in [0.4, 0.5) is 4.39 Å². The molecule has 27 heavy (non-hydrogen) atoms. The normalized spacial score (nSPS) is 27.2. The first-order valence-electron chi connectivity index (χ1n) is 9.13. The summed E-state index contributed by atoms with van der Waals surface area (Å²) in [5, 5.41) is 2.69. The Balaban J connectivity index is 1.58. The van der Waals surface area contributed by atoms with Crippen LogP contribution in [-0.2, 0) is 24.2 Å². The number of rotatable bonds is 6. The van der Waals surface area contributed by atoms with Gasteiger partial charge in [0.1, 0.15) is 5.82 Å². The highest BCUT2D eigenvalue weighted by atomic mass is 32.2. The van der Waals surface area contributed by atoms with E-state index in [0.717, 1.165) is 5.56 Å². The predicted octanol–water partition coefficient (Wildman–Crippen LogP) is 1.80. The van der Waals surface area contributed by atoms with E-state index in [9.17, 15) is 22.4 Å². The molecule has 1 aromatic carbocycles. The Kier molecular flexibility index (Phi) is 5.55. The molecule has 1 amide bonds. The van der Waals surface area contributed by atoms with Crippen molar-refractivity contribution >= 4 is 21.7 Å². The molecule has 1 saturated carbocycles. The summed E-state index contributed by atoms with van der Waals surface area (Å²) in [4.78, 5) is 24.9. The van der Waals surface area contributed by atoms with E-state index < -0.39 is 33.9 Å². The first kappa shape index (κ1) is 19.8. The zero-order valence-corrected chi connectivity index (χ0v) is 16.2. The highest BCUT2D eigenvalue weighted by Crippen LogP contribution is 2.48. The summed E-state index contributed by atoms with van der Waals surface area (Å²) in [6.45, 7) is 3.53. The van der Waals surface area contributed by atoms with Crippen molar-refractivity contribution in [2.75, 3.05) is 11.5 Å². The molecule has 0 aromatic heterocycles. The fourth-order valence-electron chi connectivity index (χ4n) is 3.46. The summed E-state index contributed by atoms with van der Waals surface area (Å²) in [6.07, 6.45) is -0.0401. The van der Waals surface area contributed by atoms with Crippen molar-refractivity contribution < 1.29 is 27.1 Å². The molecule has 1 aliphatic heterocycles. The number of carbonyl (C=O) groups excluding carboxylic acids is 2. The minimum Gasteiger partial charge on any atom is -0.452 e. The van der Waals surface area contributed by atoms with Gasteiger partial charge in [0.25, 0.3) is 5.91 Å². The SMILES string of the molecule is CC(C)[C@H](OC(=O)[C@@H]1C[C@@H]1c1cccc(F)c1)C(=O)N[C@@H]1CCS(=O)(=O)C1. The maximum atomic E-state index is 13.3. The minimum absolute atomic E-state index is 0.0570. The Morgan fingerprint density at radius 3 is 2.63 bits per heavy atom. The predicted molar refractivity (Wildman–Crippen MR) is 97.2 cm³/mol. The Hall–Kier alpha value is -1.96. The molecule has 8 heteroatoms. The molecule has 1 heterocycles. The zero-order chi connectivity index (χ0) is 19.8. The fourth-order valence-corrected chi connectivity index (χ4v) is 5.13. The van der Waals surface area contributed by atoms with Gasteiger partial charge in [-0.2, -0.15) is 0 Å². The van der Waals surface area contributed by atoms with Gasteiger partial charge < -0.3 is 10.1 Å². The molecule has 1 aliphatic carbocycles. The second kappa shape index (κ2) is 7.58. The van der Waals surface area contributed by atoms with E-state index in [-0.39, 0.29) is 35.1 Å². The molecule has 6 nitrogen and oxygen atoms in total. The number of esters is 1. The van der Waals surface area contributed by atoms with E-state index >= 15 is 0 Å². The van der Waals surface area contributed by atoms with Crippen LogP contribution in [0.15, 0.2) is 24.3 Å². The third-order valence-electron chi connectivity index (χ3n) is 5.06. The summed E-state index contributed by atoms with van der Waals surface area (Å²) < 4.78 is 41.9. The van der Waals surface area contributed by atoms with E-state index in [1.54, 1.807) is 26.0 Å². The maximum Gasteiger partial charge on any atom is 0.310 e. The van der Waals surface area contributed by atoms with Gasteiger partial charge >= 0.3 is 5.97 Å². The summed E-state index contributed by atoms with van der Waals surface area (Å²) >= 11 is 0. The van der Waals surface area contributed by atoms with Gasteiger partial charge in [0.2, 0.25) is 0 Å². The van der Waals surface area contributed by atoms with Crippen molar-refractivity contribution in [1.82, 2.24) is 5.32 Å². The van der Waals surface area contributed by atoms with Crippen molar-refractivity contribution in [3.8, 4) is 0 Å². The van der Waals surface area contributed by atoms with Gasteiger partial charge in [-0.3, -0.25) is 9.59 Å². The van der Waals surface area contributed by atoms with Crippen LogP contribution in [-0.4, -0.2) is 43.9 Å². The van der Waals surface area contributed by atoms with Crippen LogP contribution in [0.1, 0.15) is 38.2 Å². The van der Waals surface area contributed by atoms with Crippen LogP contribution in [0, 0.1) is 17.7 Å². The summed E-state index contributed by atoms with van der Waals surface area (Å²) in [5.41, 5.74) is 0.749. The summed E-state index contributed by atoms with van der Waals surface area (Å²) in [6, 6.07) is 5.69. The molecule has 0 radical (unpaired) electrons. The number of hydrogen-bond acceptors (Lipinski definition) is 5. The zero-order valence-electron chi connectivity index (χ0n) is 15.4. The van der Waals surface area contributed by atoms with Crippen LogP contribution in [0.3, 0.4) is 0 Å². The molecular formula is C19H24FNO5S. The van der Waals surface area contributed by atoms with Crippen molar-refractivity contribution in [2.45, 2.75) is 44.8 Å². The Morgan fingerprint density at radius 1 is 1.30 bits per heavy atom. The number of hydrogen-bond donors (Lipinski definition) is 1. The summed E-state index contributed by atoms with van der Waals surface area (Å²) in [5.74, 6) is -2.04. The number of amides is 1. The van der Waals surface area contributed by atoms with Crippen LogP contribution in [0.25, 0.3) is 0 Å². The van der Waals surface area contributed by atoms with E-state index in [1.807, 2.05) is 0 Å². The van der Waals surface area contributed by atoms with Crippen molar-refractivity contribution in [1.29, 1.82) is 0 Å². The van der Waals surface area contributed by atoms with Gasteiger partial charge in [0.05, 0.1) is 17.4 Å². The van der Waals surface area contributed by atoms with Crippen LogP contribution >= 0.6 is 0 Å². The van der Waals surface area contributed by atoms with E-state index in [4.69, 9.17) is 4.74 Å². The smallest absolute Gasteiger partial charge is 0.310 e. The minimum atomic E-state index is -3.11. The van der Waals surface area contributed by atoms with Crippen molar-refractivity contribution in [3.05, 3.63) is 35.6 Å². The molecule has 2 fully saturated rings. The fraction of sp³-hybridized carbons (Fsp3) is 0.579. The van der Waals surface area contributed by atoms with Gasteiger partial charge in [-0.1, -0.05) is 26.0 Å². The van der Waals surface area contributed by atoms with Gasteiger partial charge in [-0.15, -0.1) is 0 Å². The number of benzene rings is 1. The average Bonchev–Trinajstić information content (AvgIpc) is 3.31. The Bertz CT molecular complexity index is 838. The average molecular weight is 397 g/mol. The lowest BCUT2D eigenvalue weighted by Crippen LogP contribution is -2.46. The lowest BCUT2D eigenvalue weighted by molar-refractivity contribution is -0.160. The molecule has 0 spiro atoms. The lowest BCUT2D eigenvalue weighted by atomic mass is 10.1. The molecule has 148 valence electrons. The Morgan fingerprint density at radius 2 is 2.04 bits per heavy atom. The monoisotopic (exact) mass is 397 g/mol. The van der Waals surface area contributed by atoms with Gasteiger partial charge in [-0.25, -0.2) is 12.8 Å². The molecule has 4 atom stereocenters. The number of sulfone groups is 1. The number of nitrogens with one attached hydrogen (secondary N) is 1. The molecule has 0 bridgehead atoms. The molecule has 1 aromatic rings. The van der Waals surface area contributed by atoms with Gasteiger partial charge in [0.15, 0.2) is 15.9 Å². The third-order valence-corrected chi connectivity index (χ3v) is 6.82. The van der Waals surface area contributed by atoms with E-state index in [0.29, 0.717) is 12.8 Å². The number of carbonyl (C=O) groups is 2. The molecule has 3 rings (SSSR count). The highest BCUT2D eigenvalue weighted by molar-refractivity contribution is 7.91. The first-order chi connectivity index (χ1) is 12.7. The molecular weight excluding hydrogens is 373 g/mol. The molecule has 1 saturated heterocycles. The largest absolute Gasteiger partial charge is 0.452 e. The first-order valence-corrected chi connectivity index (χ1v) is 10.9. The highest BCUT2D eigenvalue weighted by Gasteiger charge is 2.47. The van der Waals surface area contributed by atoms with Crippen molar-refractivity contribution in [2.24, 2.45) is 11.8 Å². The van der Waals surface area contributed by atoms with Crippen LogP contribution < -0.4 is 5.32 Å². The standard InChI is InChI=1S/C19H24FNO5S/c1-11(2)17(18(22)21-14-6-7-27(24,25)10-14)26-19(23)16-9-15(16)12-4-3-5-13(20)8-12/h3-5,8,11,14-17H,6-7,9-10H2,1-2H3,(H,21,22)/t14-,15-,16-,17+/m1/s1. The van der Waals surface area contributed by atoms with Gasteiger partial charge in [-0.05, 0) is 42.4 Å². The Labute approximate surface area is 158 Å². The van der Waals surface area contributed by atoms with Crippen molar-refractivity contribution in [3.63, 3.8) is 0 Å². The lowest BCUT2D eigenvalue weighted by Gasteiger charge is -2.22. The maximum absolute atomic E-state index is 13.3. The topological polar surface area (TPSA) is 89.5 Å². The number of halogens is 1. The third kappa shape index (κ3) is 4.86. The molecule has 2 aliphatic rings. The summed E-state index contributed by atoms with van der Waals surface area (Å²) in [7, 11) is -3.11.